The van der Waals surface area contributed by atoms with E-state index in [-0.39, 0.29) is 11.6 Å². The van der Waals surface area contributed by atoms with Crippen LogP contribution in [0.25, 0.3) is 0 Å². The monoisotopic (exact) mass is 193 g/mol. The predicted molar refractivity (Wildman–Crippen MR) is 53.8 cm³/mol. The van der Waals surface area contributed by atoms with Crippen LogP contribution in [0.3, 0.4) is 0 Å². The first kappa shape index (κ1) is 10.7. The van der Waals surface area contributed by atoms with Crippen LogP contribution in [0.2, 0.25) is 0 Å². The molecule has 4 heteroatoms. The average molecular weight is 193 g/mol. The Morgan fingerprint density at radius 1 is 1.57 bits per heavy atom. The zero-order valence-electron chi connectivity index (χ0n) is 8.98. The molecule has 1 aromatic rings. The first-order valence-corrected chi connectivity index (χ1v) is 4.57. The summed E-state index contributed by atoms with van der Waals surface area (Å²) in [5, 5.41) is 4.22. The summed E-state index contributed by atoms with van der Waals surface area (Å²) >= 11 is 0. The average Bonchev–Trinajstić information content (AvgIpc) is 2.51. The molecule has 1 unspecified atom stereocenters. The van der Waals surface area contributed by atoms with Gasteiger partial charge >= 0.3 is 0 Å². The van der Waals surface area contributed by atoms with E-state index in [2.05, 4.69) is 30.9 Å². The molecule has 1 aromatic heterocycles. The molecule has 0 fully saturated rings. The molecular formula is C10H15N3O. The van der Waals surface area contributed by atoms with Crippen LogP contribution in [0.15, 0.2) is 17.4 Å². The van der Waals surface area contributed by atoms with Gasteiger partial charge in [-0.05, 0) is 27.7 Å². The highest BCUT2D eigenvalue weighted by Gasteiger charge is 2.15. The number of isocyanates is 1. The summed E-state index contributed by atoms with van der Waals surface area (Å²) in [7, 11) is 0. The summed E-state index contributed by atoms with van der Waals surface area (Å²) in [6, 6.07) is -0.163. The van der Waals surface area contributed by atoms with E-state index in [1.807, 2.05) is 17.8 Å². The van der Waals surface area contributed by atoms with Crippen molar-refractivity contribution in [3.8, 4) is 0 Å². The zero-order chi connectivity index (χ0) is 10.8. The van der Waals surface area contributed by atoms with Crippen LogP contribution < -0.4 is 0 Å². The van der Waals surface area contributed by atoms with Crippen molar-refractivity contribution in [3.05, 3.63) is 18.0 Å². The number of hydrogen-bond donors (Lipinski definition) is 0. The highest BCUT2D eigenvalue weighted by atomic mass is 16.1. The fraction of sp³-hybridized carbons (Fsp3) is 0.600. The lowest BCUT2D eigenvalue weighted by Gasteiger charge is -2.18. The number of aliphatic imine (C=N–C) groups is 1. The molecule has 1 heterocycles. The number of aromatic nitrogens is 2. The lowest BCUT2D eigenvalue weighted by molar-refractivity contribution is 0.355. The van der Waals surface area contributed by atoms with Gasteiger partial charge in [0.25, 0.3) is 0 Å². The summed E-state index contributed by atoms with van der Waals surface area (Å²) in [6.45, 7) is 8.04. The molecule has 1 rings (SSSR count). The van der Waals surface area contributed by atoms with Gasteiger partial charge in [-0.1, -0.05) is 0 Å². The molecule has 0 aromatic carbocycles. The highest BCUT2D eigenvalue weighted by Crippen LogP contribution is 2.19. The van der Waals surface area contributed by atoms with Crippen molar-refractivity contribution in [1.29, 1.82) is 0 Å². The molecule has 14 heavy (non-hydrogen) atoms. The van der Waals surface area contributed by atoms with Crippen LogP contribution in [0.4, 0.5) is 0 Å². The molecule has 0 saturated carbocycles. The van der Waals surface area contributed by atoms with Crippen molar-refractivity contribution >= 4 is 6.08 Å². The maximum absolute atomic E-state index is 10.1. The molecule has 0 aliphatic carbocycles. The Hall–Kier alpha value is -1.41. The van der Waals surface area contributed by atoms with Crippen molar-refractivity contribution in [2.45, 2.75) is 39.3 Å². The Bertz CT molecular complexity index is 356. The van der Waals surface area contributed by atoms with Gasteiger partial charge in [-0.3, -0.25) is 4.68 Å². The second kappa shape index (κ2) is 3.76. The van der Waals surface area contributed by atoms with E-state index in [0.29, 0.717) is 0 Å². The third-order valence-electron chi connectivity index (χ3n) is 2.02. The minimum atomic E-state index is -0.163. The Morgan fingerprint density at radius 3 is 2.64 bits per heavy atom. The first-order chi connectivity index (χ1) is 6.45. The summed E-state index contributed by atoms with van der Waals surface area (Å²) in [5.41, 5.74) is 0.895. The minimum Gasteiger partial charge on any atom is -0.267 e. The Kier molecular flexibility index (Phi) is 2.87. The smallest absolute Gasteiger partial charge is 0.235 e. The standard InChI is InChI=1S/C10H15N3O/c1-8(11-7-14)9-5-12-13(6-9)10(2,3)4/h5-6,8H,1-4H3. The van der Waals surface area contributed by atoms with Gasteiger partial charge in [0, 0.05) is 11.8 Å². The molecule has 1 atom stereocenters. The van der Waals surface area contributed by atoms with E-state index in [4.69, 9.17) is 0 Å². The largest absolute Gasteiger partial charge is 0.267 e. The summed E-state index contributed by atoms with van der Waals surface area (Å²) in [4.78, 5) is 13.7. The van der Waals surface area contributed by atoms with E-state index in [1.165, 1.54) is 0 Å². The van der Waals surface area contributed by atoms with Gasteiger partial charge in [-0.25, -0.2) is 4.79 Å². The Balaban J connectivity index is 2.93. The molecule has 0 saturated heterocycles. The van der Waals surface area contributed by atoms with E-state index in [9.17, 15) is 4.79 Å². The van der Waals surface area contributed by atoms with E-state index in [0.717, 1.165) is 5.56 Å². The number of rotatable bonds is 2. The summed E-state index contributed by atoms with van der Waals surface area (Å²) < 4.78 is 1.86. The molecule has 0 radical (unpaired) electrons. The van der Waals surface area contributed by atoms with Gasteiger partial charge < -0.3 is 0 Å². The van der Waals surface area contributed by atoms with Gasteiger partial charge in [0.2, 0.25) is 6.08 Å². The van der Waals surface area contributed by atoms with Crippen LogP contribution in [-0.4, -0.2) is 15.9 Å². The van der Waals surface area contributed by atoms with Crippen LogP contribution in [-0.2, 0) is 10.3 Å². The second-order valence-corrected chi connectivity index (χ2v) is 4.29. The van der Waals surface area contributed by atoms with Crippen molar-refractivity contribution in [1.82, 2.24) is 9.78 Å². The van der Waals surface area contributed by atoms with Gasteiger partial charge in [0.05, 0.1) is 17.8 Å². The van der Waals surface area contributed by atoms with Gasteiger partial charge in [-0.15, -0.1) is 0 Å². The van der Waals surface area contributed by atoms with Crippen molar-refractivity contribution in [3.63, 3.8) is 0 Å². The quantitative estimate of drug-likeness (QED) is 0.533. The number of hydrogen-bond acceptors (Lipinski definition) is 3. The highest BCUT2D eigenvalue weighted by molar-refractivity contribution is 5.34. The van der Waals surface area contributed by atoms with Crippen LogP contribution >= 0.6 is 0 Å². The van der Waals surface area contributed by atoms with Crippen molar-refractivity contribution in [2.75, 3.05) is 0 Å². The summed E-state index contributed by atoms with van der Waals surface area (Å²) in [6.07, 6.45) is 5.19. The normalized spacial score (nSPS) is 13.4. The van der Waals surface area contributed by atoms with Gasteiger partial charge in [0.1, 0.15) is 0 Å². The number of nitrogens with zero attached hydrogens (tertiary/aromatic N) is 3. The lowest BCUT2D eigenvalue weighted by atomic mass is 10.1. The molecule has 0 spiro atoms. The van der Waals surface area contributed by atoms with Crippen LogP contribution in [0.5, 0.6) is 0 Å². The second-order valence-electron chi connectivity index (χ2n) is 4.29. The zero-order valence-corrected chi connectivity index (χ0v) is 8.98. The minimum absolute atomic E-state index is 0.0388. The lowest BCUT2D eigenvalue weighted by Crippen LogP contribution is -2.21. The van der Waals surface area contributed by atoms with Crippen LogP contribution in [0.1, 0.15) is 39.3 Å². The van der Waals surface area contributed by atoms with Crippen molar-refractivity contribution in [2.24, 2.45) is 4.99 Å². The van der Waals surface area contributed by atoms with Gasteiger partial charge in [-0.2, -0.15) is 10.1 Å². The molecule has 0 N–H and O–H groups in total. The van der Waals surface area contributed by atoms with Crippen molar-refractivity contribution < 1.29 is 4.79 Å². The maximum Gasteiger partial charge on any atom is 0.235 e. The van der Waals surface area contributed by atoms with E-state index < -0.39 is 0 Å². The maximum atomic E-state index is 10.1. The fourth-order valence-corrected chi connectivity index (χ4v) is 1.07. The molecule has 0 aliphatic rings. The third kappa shape index (κ3) is 2.30. The Labute approximate surface area is 83.7 Å². The predicted octanol–water partition coefficient (Wildman–Crippen LogP) is 2.03. The molecular weight excluding hydrogens is 178 g/mol. The molecule has 0 aliphatic heterocycles. The van der Waals surface area contributed by atoms with E-state index >= 15 is 0 Å². The summed E-state index contributed by atoms with van der Waals surface area (Å²) in [5.74, 6) is 0. The first-order valence-electron chi connectivity index (χ1n) is 4.57. The molecule has 0 amide bonds. The topological polar surface area (TPSA) is 47.2 Å². The number of carbonyl (C=O) groups excluding carboxylic acids is 1. The molecule has 4 nitrogen and oxygen atoms in total. The molecule has 76 valence electrons. The third-order valence-corrected chi connectivity index (χ3v) is 2.02. The SMILES string of the molecule is CC(N=C=O)c1cnn(C(C)(C)C)c1. The molecule has 0 bridgehead atoms. The Morgan fingerprint density at radius 2 is 2.21 bits per heavy atom. The van der Waals surface area contributed by atoms with Crippen LogP contribution in [0, 0.1) is 0 Å². The van der Waals surface area contributed by atoms with Gasteiger partial charge in [0.15, 0.2) is 0 Å². The van der Waals surface area contributed by atoms with E-state index in [1.54, 1.807) is 12.3 Å². The fourth-order valence-electron chi connectivity index (χ4n) is 1.07.